The van der Waals surface area contributed by atoms with E-state index in [9.17, 15) is 21.6 Å². The van der Waals surface area contributed by atoms with Crippen molar-refractivity contribution < 1.29 is 21.6 Å². The third kappa shape index (κ3) is 5.32. The van der Waals surface area contributed by atoms with Crippen molar-refractivity contribution in [2.24, 2.45) is 5.14 Å². The van der Waals surface area contributed by atoms with E-state index in [1.54, 1.807) is 0 Å². The second-order valence-corrected chi connectivity index (χ2v) is 5.29. The van der Waals surface area contributed by atoms with Crippen molar-refractivity contribution in [1.82, 2.24) is 4.98 Å². The molecule has 1 rings (SSSR count). The number of sulfonamides is 1. The van der Waals surface area contributed by atoms with Gasteiger partial charge in [0.2, 0.25) is 10.0 Å². The molecule has 0 amide bonds. The van der Waals surface area contributed by atoms with E-state index >= 15 is 0 Å². The van der Waals surface area contributed by atoms with E-state index in [2.05, 4.69) is 10.3 Å². The van der Waals surface area contributed by atoms with Crippen LogP contribution in [0.2, 0.25) is 0 Å². The number of hydrogen-bond acceptors (Lipinski definition) is 4. The molecule has 0 aliphatic heterocycles. The quantitative estimate of drug-likeness (QED) is 0.795. The Bertz CT molecular complexity index is 502. The molecule has 0 unspecified atom stereocenters. The molecule has 0 atom stereocenters. The highest BCUT2D eigenvalue weighted by molar-refractivity contribution is 7.89. The number of halogens is 3. The maximum absolute atomic E-state index is 12.3. The normalized spacial score (nSPS) is 12.4. The Balaban J connectivity index is 2.53. The standard InChI is InChI=1S/C9H12F3N3O2S/c10-9(11,12)7-3-1-4-8(15-7)14-5-2-6-18(13,16)17/h1,3-4H,2,5-6H2,(H,14,15)(H2,13,16,17). The lowest BCUT2D eigenvalue weighted by molar-refractivity contribution is -0.141. The minimum Gasteiger partial charge on any atom is -0.370 e. The van der Waals surface area contributed by atoms with Crippen LogP contribution >= 0.6 is 0 Å². The fourth-order valence-electron chi connectivity index (χ4n) is 1.18. The highest BCUT2D eigenvalue weighted by Crippen LogP contribution is 2.28. The highest BCUT2D eigenvalue weighted by Gasteiger charge is 2.32. The number of rotatable bonds is 5. The fraction of sp³-hybridized carbons (Fsp3) is 0.444. The van der Waals surface area contributed by atoms with Gasteiger partial charge in [-0.2, -0.15) is 13.2 Å². The van der Waals surface area contributed by atoms with Crippen LogP contribution in [0.25, 0.3) is 0 Å². The molecule has 0 fully saturated rings. The van der Waals surface area contributed by atoms with Crippen molar-refractivity contribution in [1.29, 1.82) is 0 Å². The molecule has 1 aromatic rings. The van der Waals surface area contributed by atoms with Crippen LogP contribution in [0, 0.1) is 0 Å². The molecule has 0 aliphatic carbocycles. The third-order valence-corrected chi connectivity index (χ3v) is 2.81. The van der Waals surface area contributed by atoms with Crippen LogP contribution in [0.1, 0.15) is 12.1 Å². The van der Waals surface area contributed by atoms with E-state index in [1.165, 1.54) is 12.1 Å². The van der Waals surface area contributed by atoms with Crippen LogP contribution in [-0.4, -0.2) is 25.7 Å². The fourth-order valence-corrected chi connectivity index (χ4v) is 1.73. The number of pyridine rings is 1. The first kappa shape index (κ1) is 14.7. The second-order valence-electron chi connectivity index (χ2n) is 3.55. The SMILES string of the molecule is NS(=O)(=O)CCCNc1cccc(C(F)(F)F)n1. The van der Waals surface area contributed by atoms with Gasteiger partial charge in [0, 0.05) is 6.54 Å². The zero-order chi connectivity index (χ0) is 13.8. The summed E-state index contributed by atoms with van der Waals surface area (Å²) in [6.07, 6.45) is -4.31. The van der Waals surface area contributed by atoms with Gasteiger partial charge in [-0.15, -0.1) is 0 Å². The van der Waals surface area contributed by atoms with Crippen LogP contribution in [0.4, 0.5) is 19.0 Å². The Morgan fingerprint density at radius 2 is 2.00 bits per heavy atom. The van der Waals surface area contributed by atoms with Crippen molar-refractivity contribution >= 4 is 15.8 Å². The summed E-state index contributed by atoms with van der Waals surface area (Å²) in [7, 11) is -3.55. The maximum atomic E-state index is 12.3. The zero-order valence-electron chi connectivity index (χ0n) is 9.24. The number of nitrogens with one attached hydrogen (secondary N) is 1. The molecule has 0 spiro atoms. The maximum Gasteiger partial charge on any atom is 0.433 e. The molecule has 1 aromatic heterocycles. The van der Waals surface area contributed by atoms with Crippen molar-refractivity contribution in [3.63, 3.8) is 0 Å². The van der Waals surface area contributed by atoms with Crippen LogP contribution in [0.3, 0.4) is 0 Å². The molecule has 0 aromatic carbocycles. The molecular formula is C9H12F3N3O2S. The molecular weight excluding hydrogens is 271 g/mol. The summed E-state index contributed by atoms with van der Waals surface area (Å²) in [6, 6.07) is 3.44. The summed E-state index contributed by atoms with van der Waals surface area (Å²) in [5, 5.41) is 7.37. The minimum absolute atomic E-state index is 0.0410. The van der Waals surface area contributed by atoms with Gasteiger partial charge in [0.15, 0.2) is 0 Å². The molecule has 18 heavy (non-hydrogen) atoms. The van der Waals surface area contributed by atoms with Crippen LogP contribution < -0.4 is 10.5 Å². The van der Waals surface area contributed by atoms with Gasteiger partial charge in [-0.25, -0.2) is 18.5 Å². The van der Waals surface area contributed by atoms with Crippen molar-refractivity contribution in [3.8, 4) is 0 Å². The number of hydrogen-bond donors (Lipinski definition) is 2. The Hall–Kier alpha value is -1.35. The average molecular weight is 283 g/mol. The summed E-state index contributed by atoms with van der Waals surface area (Å²) in [6.45, 7) is 0.171. The van der Waals surface area contributed by atoms with Crippen LogP contribution in [0.15, 0.2) is 18.2 Å². The van der Waals surface area contributed by atoms with E-state index in [0.717, 1.165) is 6.07 Å². The first-order valence-corrected chi connectivity index (χ1v) is 6.68. The number of nitrogens with zero attached hydrogens (tertiary/aromatic N) is 1. The Morgan fingerprint density at radius 1 is 1.33 bits per heavy atom. The van der Waals surface area contributed by atoms with E-state index in [1.807, 2.05) is 0 Å². The lowest BCUT2D eigenvalue weighted by Crippen LogP contribution is -2.19. The van der Waals surface area contributed by atoms with Gasteiger partial charge < -0.3 is 5.32 Å². The van der Waals surface area contributed by atoms with E-state index in [-0.39, 0.29) is 24.5 Å². The molecule has 9 heteroatoms. The van der Waals surface area contributed by atoms with Gasteiger partial charge >= 0.3 is 6.18 Å². The van der Waals surface area contributed by atoms with Crippen LogP contribution in [0.5, 0.6) is 0 Å². The zero-order valence-corrected chi connectivity index (χ0v) is 10.1. The predicted molar refractivity (Wildman–Crippen MR) is 60.3 cm³/mol. The largest absolute Gasteiger partial charge is 0.433 e. The van der Waals surface area contributed by atoms with Crippen LogP contribution in [-0.2, 0) is 16.2 Å². The Morgan fingerprint density at radius 3 is 2.56 bits per heavy atom. The van der Waals surface area contributed by atoms with Crippen molar-refractivity contribution in [3.05, 3.63) is 23.9 Å². The highest BCUT2D eigenvalue weighted by atomic mass is 32.2. The number of alkyl halides is 3. The van der Waals surface area contributed by atoms with Gasteiger partial charge in [0.25, 0.3) is 0 Å². The van der Waals surface area contributed by atoms with Gasteiger partial charge in [-0.3, -0.25) is 0 Å². The Kier molecular flexibility index (Phi) is 4.52. The number of anilines is 1. The predicted octanol–water partition coefficient (Wildman–Crippen LogP) is 1.19. The first-order chi connectivity index (χ1) is 8.18. The lowest BCUT2D eigenvalue weighted by Gasteiger charge is -2.09. The monoisotopic (exact) mass is 283 g/mol. The molecule has 0 saturated heterocycles. The summed E-state index contributed by atoms with van der Waals surface area (Å²) >= 11 is 0. The van der Waals surface area contributed by atoms with Crippen molar-refractivity contribution in [2.45, 2.75) is 12.6 Å². The molecule has 102 valence electrons. The second kappa shape index (κ2) is 5.53. The topological polar surface area (TPSA) is 85.1 Å². The summed E-state index contributed by atoms with van der Waals surface area (Å²) in [5.74, 6) is -0.196. The van der Waals surface area contributed by atoms with Gasteiger partial charge in [-0.05, 0) is 18.6 Å². The number of nitrogens with two attached hydrogens (primary N) is 1. The first-order valence-electron chi connectivity index (χ1n) is 4.97. The molecule has 1 heterocycles. The minimum atomic E-state index is -4.50. The van der Waals surface area contributed by atoms with Gasteiger partial charge in [-0.1, -0.05) is 6.07 Å². The van der Waals surface area contributed by atoms with Gasteiger partial charge in [0.1, 0.15) is 11.5 Å². The number of aromatic nitrogens is 1. The summed E-state index contributed by atoms with van der Waals surface area (Å²) < 4.78 is 58.2. The molecule has 0 bridgehead atoms. The molecule has 0 aliphatic rings. The van der Waals surface area contributed by atoms with E-state index in [4.69, 9.17) is 5.14 Å². The van der Waals surface area contributed by atoms with E-state index < -0.39 is 21.9 Å². The summed E-state index contributed by atoms with van der Waals surface area (Å²) in [5.41, 5.74) is -1.00. The van der Waals surface area contributed by atoms with Gasteiger partial charge in [0.05, 0.1) is 5.75 Å². The third-order valence-electron chi connectivity index (χ3n) is 1.95. The average Bonchev–Trinajstić information content (AvgIpc) is 2.22. The number of primary sulfonamides is 1. The lowest BCUT2D eigenvalue weighted by atomic mass is 10.3. The molecule has 0 radical (unpaired) electrons. The molecule has 5 nitrogen and oxygen atoms in total. The molecule has 0 saturated carbocycles. The van der Waals surface area contributed by atoms with E-state index in [0.29, 0.717) is 0 Å². The van der Waals surface area contributed by atoms with Crippen molar-refractivity contribution in [2.75, 3.05) is 17.6 Å². The smallest absolute Gasteiger partial charge is 0.370 e. The summed E-state index contributed by atoms with van der Waals surface area (Å²) in [4.78, 5) is 3.36. The Labute approximate surface area is 102 Å². The molecule has 3 N–H and O–H groups in total.